The van der Waals surface area contributed by atoms with Gasteiger partial charge in [0.05, 0.1) is 12.7 Å². The van der Waals surface area contributed by atoms with Gasteiger partial charge in [0.25, 0.3) is 0 Å². The molecule has 0 saturated carbocycles. The Hall–Kier alpha value is -1.53. The molecule has 3 nitrogen and oxygen atoms in total. The normalized spacial score (nSPS) is 11.1. The van der Waals surface area contributed by atoms with Crippen LogP contribution in [0, 0.1) is 11.3 Å². The highest BCUT2D eigenvalue weighted by Gasteiger charge is 2.08. The van der Waals surface area contributed by atoms with Gasteiger partial charge in [0.2, 0.25) is 0 Å². The van der Waals surface area contributed by atoms with E-state index >= 15 is 0 Å². The van der Waals surface area contributed by atoms with Crippen molar-refractivity contribution in [3.05, 3.63) is 29.8 Å². The molecule has 1 rings (SSSR count). The monoisotopic (exact) mass is 260 g/mol. The van der Waals surface area contributed by atoms with Gasteiger partial charge in [-0.2, -0.15) is 5.26 Å². The predicted octanol–water partition coefficient (Wildman–Crippen LogP) is 3.65. The van der Waals surface area contributed by atoms with Crippen molar-refractivity contribution in [2.75, 3.05) is 6.61 Å². The second-order valence-corrected chi connectivity index (χ2v) is 5.71. The summed E-state index contributed by atoms with van der Waals surface area (Å²) in [5.74, 6) is 0.908. The Balaban J connectivity index is 2.37. The van der Waals surface area contributed by atoms with Gasteiger partial charge in [-0.05, 0) is 51.3 Å². The molecule has 0 spiro atoms. The predicted molar refractivity (Wildman–Crippen MR) is 78.0 cm³/mol. The topological polar surface area (TPSA) is 45.0 Å². The van der Waals surface area contributed by atoms with Crippen molar-refractivity contribution >= 4 is 0 Å². The Morgan fingerprint density at radius 1 is 1.26 bits per heavy atom. The molecule has 0 atom stereocenters. The number of hydrogen-bond acceptors (Lipinski definition) is 3. The summed E-state index contributed by atoms with van der Waals surface area (Å²) in [7, 11) is 0. The fourth-order valence-corrected chi connectivity index (χ4v) is 1.61. The summed E-state index contributed by atoms with van der Waals surface area (Å²) in [6.45, 7) is 7.99. The Morgan fingerprint density at radius 2 is 2.05 bits per heavy atom. The molecular weight excluding hydrogens is 236 g/mol. The van der Waals surface area contributed by atoms with E-state index in [0.717, 1.165) is 25.1 Å². The SMILES string of the molecule is CC(C)(C)NCc1cccc(OCCCCC#N)c1. The van der Waals surface area contributed by atoms with E-state index in [0.29, 0.717) is 13.0 Å². The van der Waals surface area contributed by atoms with E-state index in [4.69, 9.17) is 10.00 Å². The van der Waals surface area contributed by atoms with Crippen molar-refractivity contribution in [1.82, 2.24) is 5.32 Å². The molecule has 1 aromatic rings. The lowest BCUT2D eigenvalue weighted by atomic mass is 10.1. The minimum Gasteiger partial charge on any atom is -0.494 e. The number of hydrogen-bond donors (Lipinski definition) is 1. The molecule has 0 heterocycles. The first-order valence-electron chi connectivity index (χ1n) is 6.85. The summed E-state index contributed by atoms with van der Waals surface area (Å²) in [6, 6.07) is 10.3. The zero-order valence-electron chi connectivity index (χ0n) is 12.2. The van der Waals surface area contributed by atoms with Gasteiger partial charge in [-0.3, -0.25) is 0 Å². The van der Waals surface area contributed by atoms with Crippen LogP contribution in [0.1, 0.15) is 45.6 Å². The first-order chi connectivity index (χ1) is 9.01. The van der Waals surface area contributed by atoms with Gasteiger partial charge in [-0.15, -0.1) is 0 Å². The molecule has 1 N–H and O–H groups in total. The third-order valence-electron chi connectivity index (χ3n) is 2.67. The highest BCUT2D eigenvalue weighted by atomic mass is 16.5. The third-order valence-corrected chi connectivity index (χ3v) is 2.67. The molecule has 0 aliphatic rings. The minimum absolute atomic E-state index is 0.119. The lowest BCUT2D eigenvalue weighted by molar-refractivity contribution is 0.307. The van der Waals surface area contributed by atoms with Crippen LogP contribution >= 0.6 is 0 Å². The van der Waals surface area contributed by atoms with Crippen LogP contribution in [0.3, 0.4) is 0 Å². The Morgan fingerprint density at radius 3 is 2.74 bits per heavy atom. The molecule has 0 unspecified atom stereocenters. The number of rotatable bonds is 7. The van der Waals surface area contributed by atoms with Crippen LogP contribution in [-0.4, -0.2) is 12.1 Å². The van der Waals surface area contributed by atoms with Gasteiger partial charge in [0, 0.05) is 18.5 Å². The second kappa shape index (κ2) is 7.81. The maximum absolute atomic E-state index is 8.45. The van der Waals surface area contributed by atoms with Gasteiger partial charge < -0.3 is 10.1 Å². The number of nitrogens with one attached hydrogen (secondary N) is 1. The molecule has 0 amide bonds. The molecule has 0 saturated heterocycles. The molecule has 19 heavy (non-hydrogen) atoms. The zero-order valence-corrected chi connectivity index (χ0v) is 12.2. The van der Waals surface area contributed by atoms with E-state index in [9.17, 15) is 0 Å². The van der Waals surface area contributed by atoms with Gasteiger partial charge >= 0.3 is 0 Å². The van der Waals surface area contributed by atoms with Gasteiger partial charge in [0.15, 0.2) is 0 Å². The summed E-state index contributed by atoms with van der Waals surface area (Å²) >= 11 is 0. The van der Waals surface area contributed by atoms with E-state index < -0.39 is 0 Å². The first kappa shape index (κ1) is 15.5. The lowest BCUT2D eigenvalue weighted by Gasteiger charge is -2.20. The second-order valence-electron chi connectivity index (χ2n) is 5.71. The third kappa shape index (κ3) is 7.48. The zero-order chi connectivity index (χ0) is 14.1. The summed E-state index contributed by atoms with van der Waals surface area (Å²) < 4.78 is 5.69. The smallest absolute Gasteiger partial charge is 0.119 e. The molecule has 0 aliphatic carbocycles. The van der Waals surface area contributed by atoms with E-state index in [1.54, 1.807) is 0 Å². The summed E-state index contributed by atoms with van der Waals surface area (Å²) in [6.07, 6.45) is 2.44. The standard InChI is InChI=1S/C16H24N2O/c1-16(2,3)18-13-14-8-7-9-15(12-14)19-11-6-4-5-10-17/h7-9,12,18H,4-6,11,13H2,1-3H3. The van der Waals surface area contributed by atoms with Crippen molar-refractivity contribution in [3.63, 3.8) is 0 Å². The Labute approximate surface area is 116 Å². The Kier molecular flexibility index (Phi) is 6.38. The molecule has 0 aliphatic heterocycles. The molecular formula is C16H24N2O. The largest absolute Gasteiger partial charge is 0.494 e. The summed E-state index contributed by atoms with van der Waals surface area (Å²) in [5.41, 5.74) is 1.35. The average Bonchev–Trinajstić information content (AvgIpc) is 2.36. The molecule has 0 bridgehead atoms. The van der Waals surface area contributed by atoms with Crippen LogP contribution in [-0.2, 0) is 6.54 Å². The highest BCUT2D eigenvalue weighted by Crippen LogP contribution is 2.14. The van der Waals surface area contributed by atoms with E-state index in [-0.39, 0.29) is 5.54 Å². The van der Waals surface area contributed by atoms with Crippen molar-refractivity contribution in [3.8, 4) is 11.8 Å². The van der Waals surface area contributed by atoms with Crippen LogP contribution in [0.4, 0.5) is 0 Å². The maximum atomic E-state index is 8.45. The summed E-state index contributed by atoms with van der Waals surface area (Å²) in [5, 5.41) is 11.9. The highest BCUT2D eigenvalue weighted by molar-refractivity contribution is 5.28. The van der Waals surface area contributed by atoms with Crippen LogP contribution in [0.15, 0.2) is 24.3 Å². The van der Waals surface area contributed by atoms with E-state index in [1.807, 2.05) is 12.1 Å². The number of unbranched alkanes of at least 4 members (excludes halogenated alkanes) is 2. The van der Waals surface area contributed by atoms with Gasteiger partial charge in [0.1, 0.15) is 5.75 Å². The van der Waals surface area contributed by atoms with Crippen LogP contribution in [0.25, 0.3) is 0 Å². The number of nitrogens with zero attached hydrogens (tertiary/aromatic N) is 1. The van der Waals surface area contributed by atoms with Gasteiger partial charge in [-0.25, -0.2) is 0 Å². The van der Waals surface area contributed by atoms with Crippen molar-refractivity contribution in [1.29, 1.82) is 5.26 Å². The lowest BCUT2D eigenvalue weighted by Crippen LogP contribution is -2.35. The van der Waals surface area contributed by atoms with Crippen molar-refractivity contribution in [2.24, 2.45) is 0 Å². The van der Waals surface area contributed by atoms with Crippen molar-refractivity contribution in [2.45, 2.75) is 52.1 Å². The minimum atomic E-state index is 0.119. The number of nitriles is 1. The molecule has 0 aromatic heterocycles. The molecule has 104 valence electrons. The average molecular weight is 260 g/mol. The summed E-state index contributed by atoms with van der Waals surface area (Å²) in [4.78, 5) is 0. The van der Waals surface area contributed by atoms with E-state index in [2.05, 4.69) is 44.3 Å². The fourth-order valence-electron chi connectivity index (χ4n) is 1.61. The fraction of sp³-hybridized carbons (Fsp3) is 0.562. The van der Waals surface area contributed by atoms with Crippen molar-refractivity contribution < 1.29 is 4.74 Å². The molecule has 3 heteroatoms. The van der Waals surface area contributed by atoms with E-state index in [1.165, 1.54) is 5.56 Å². The van der Waals surface area contributed by atoms with Crippen LogP contribution in [0.5, 0.6) is 5.75 Å². The number of benzene rings is 1. The molecule has 0 fully saturated rings. The maximum Gasteiger partial charge on any atom is 0.119 e. The molecule has 1 aromatic carbocycles. The quantitative estimate of drug-likeness (QED) is 0.761. The Bertz CT molecular complexity index is 415. The first-order valence-corrected chi connectivity index (χ1v) is 6.85. The van der Waals surface area contributed by atoms with Gasteiger partial charge in [-0.1, -0.05) is 12.1 Å². The molecule has 0 radical (unpaired) electrons. The van der Waals surface area contributed by atoms with Crippen LogP contribution < -0.4 is 10.1 Å². The van der Waals surface area contributed by atoms with Crippen LogP contribution in [0.2, 0.25) is 0 Å². The number of ether oxygens (including phenoxy) is 1.